The van der Waals surface area contributed by atoms with Crippen LogP contribution in [0.3, 0.4) is 0 Å². The first-order chi connectivity index (χ1) is 45.2. The second-order valence-corrected chi connectivity index (χ2v) is 26.2. The molecule has 10 heterocycles. The third-order valence-electron chi connectivity index (χ3n) is 17.7. The van der Waals surface area contributed by atoms with E-state index in [-0.39, 0.29) is 11.8 Å². The molecular formula is C82H80N9O3+3. The lowest BCUT2D eigenvalue weighted by Crippen LogP contribution is -2.31. The van der Waals surface area contributed by atoms with Crippen molar-refractivity contribution in [2.24, 2.45) is 27.1 Å². The minimum atomic E-state index is 0.234. The number of aryl methyl sites for hydroxylation is 9. The van der Waals surface area contributed by atoms with Gasteiger partial charge in [0, 0.05) is 90.6 Å². The molecule has 0 N–H and O–H groups in total. The third-order valence-corrected chi connectivity index (χ3v) is 17.7. The van der Waals surface area contributed by atoms with Crippen LogP contribution in [0.15, 0.2) is 196 Å². The lowest BCUT2D eigenvalue weighted by Gasteiger charge is -2.11. The van der Waals surface area contributed by atoms with Crippen LogP contribution in [0, 0.1) is 47.5 Å². The van der Waals surface area contributed by atoms with Gasteiger partial charge in [0.1, 0.15) is 32.8 Å². The van der Waals surface area contributed by atoms with Crippen LogP contribution >= 0.6 is 0 Å². The summed E-state index contributed by atoms with van der Waals surface area (Å²) in [6, 6.07) is 57.6. The first-order valence-electron chi connectivity index (χ1n) is 32.5. The second kappa shape index (κ2) is 25.5. The summed E-state index contributed by atoms with van der Waals surface area (Å²) in [7, 11) is 6.25. The molecule has 0 aliphatic heterocycles. The Balaban J connectivity index is 0.000000129. The van der Waals surface area contributed by atoms with Crippen molar-refractivity contribution >= 4 is 66.2 Å². The van der Waals surface area contributed by atoms with E-state index in [0.717, 1.165) is 129 Å². The van der Waals surface area contributed by atoms with Crippen molar-refractivity contribution in [2.75, 3.05) is 0 Å². The fourth-order valence-electron chi connectivity index (χ4n) is 12.8. The van der Waals surface area contributed by atoms with E-state index in [1.807, 2.05) is 45.0 Å². The highest BCUT2D eigenvalue weighted by molar-refractivity contribution is 6.11. The van der Waals surface area contributed by atoms with E-state index in [2.05, 4.69) is 275 Å². The van der Waals surface area contributed by atoms with Crippen molar-refractivity contribution in [3.05, 3.63) is 233 Å². The third kappa shape index (κ3) is 12.1. The molecule has 0 amide bonds. The predicted molar refractivity (Wildman–Crippen MR) is 379 cm³/mol. The molecule has 15 rings (SSSR count). The maximum Gasteiger partial charge on any atom is 0.227 e. The number of aromatic nitrogens is 9. The largest absolute Gasteiger partial charge is 0.437 e. The van der Waals surface area contributed by atoms with Gasteiger partial charge in [-0.2, -0.15) is 0 Å². The van der Waals surface area contributed by atoms with Gasteiger partial charge in [-0.25, -0.2) is 43.6 Å². The Morgan fingerprint density at radius 1 is 0.330 bits per heavy atom. The average molecular weight is 1240 g/mol. The molecule has 0 aliphatic rings. The number of benzene rings is 5. The van der Waals surface area contributed by atoms with E-state index in [9.17, 15) is 0 Å². The fourth-order valence-corrected chi connectivity index (χ4v) is 12.8. The first-order valence-corrected chi connectivity index (χ1v) is 32.5. The highest BCUT2D eigenvalue weighted by Gasteiger charge is 2.26. The maximum absolute atomic E-state index is 6.30. The summed E-state index contributed by atoms with van der Waals surface area (Å²) in [4.78, 5) is 28.0. The van der Waals surface area contributed by atoms with Crippen molar-refractivity contribution in [2.45, 2.75) is 101 Å². The van der Waals surface area contributed by atoms with E-state index < -0.39 is 0 Å². The molecule has 0 bridgehead atoms. The number of furan rings is 3. The normalized spacial score (nSPS) is 11.7. The van der Waals surface area contributed by atoms with Gasteiger partial charge in [0.15, 0.2) is 41.2 Å². The van der Waals surface area contributed by atoms with Gasteiger partial charge in [0.2, 0.25) is 34.2 Å². The Morgan fingerprint density at radius 3 is 1.03 bits per heavy atom. The Labute approximate surface area is 549 Å². The molecule has 0 spiro atoms. The second-order valence-electron chi connectivity index (χ2n) is 26.2. The summed E-state index contributed by atoms with van der Waals surface area (Å²) in [6.45, 7) is 25.3. The van der Waals surface area contributed by atoms with Gasteiger partial charge >= 0.3 is 0 Å². The maximum atomic E-state index is 6.30. The van der Waals surface area contributed by atoms with Gasteiger partial charge in [-0.1, -0.05) is 133 Å². The van der Waals surface area contributed by atoms with Crippen LogP contribution in [-0.4, -0.2) is 29.9 Å². The monoisotopic (exact) mass is 1240 g/mol. The molecule has 0 fully saturated rings. The summed E-state index contributed by atoms with van der Waals surface area (Å²) >= 11 is 0. The van der Waals surface area contributed by atoms with Gasteiger partial charge in [-0.15, -0.1) is 0 Å². The summed E-state index contributed by atoms with van der Waals surface area (Å²) < 4.78 is 25.3. The van der Waals surface area contributed by atoms with Gasteiger partial charge < -0.3 is 13.3 Å². The van der Waals surface area contributed by atoms with E-state index in [1.54, 1.807) is 0 Å². The average Bonchev–Trinajstić information content (AvgIpc) is 1.58. The zero-order chi connectivity index (χ0) is 65.8. The minimum absolute atomic E-state index is 0.234. The standard InChI is InChI=1S/C29H29N2O.C28H30N5O.C25H21N2O/c1-18(2)16-21-8-10-22(11-9-21)23-12-15-26(31(5)17-23)27-19(3)6-13-24-25-14-7-20(4)30-29(25)32-28(24)27;1-15(2)25-30-26(16(3)4)32-27(31-25)19-10-13-22(33(7)14-19)23-17(5)8-11-20-21-12-9-18(6)29-28(21)34-24(20)23;1-16-9-12-20-21-13-10-17(2)26-25(21)28-24(20)23(16)22-14-11-19(15-27(22)3)18-7-5-4-6-8-18/h6-15,17-18H,16H2,1-5H3;8-16H,1-7H3;4-15H,1-3H3/q3*+1. The van der Waals surface area contributed by atoms with Crippen LogP contribution in [0.5, 0.6) is 0 Å². The van der Waals surface area contributed by atoms with Crippen LogP contribution in [-0.2, 0) is 27.6 Å². The number of rotatable bonds is 10. The van der Waals surface area contributed by atoms with Crippen molar-refractivity contribution in [1.82, 2.24) is 29.9 Å². The van der Waals surface area contributed by atoms with Gasteiger partial charge in [-0.05, 0) is 142 Å². The summed E-state index contributed by atoms with van der Waals surface area (Å²) in [6.07, 6.45) is 7.58. The molecule has 468 valence electrons. The van der Waals surface area contributed by atoms with Gasteiger partial charge in [0.05, 0.1) is 22.3 Å². The Bertz CT molecular complexity index is 5360. The molecule has 12 nitrogen and oxygen atoms in total. The molecule has 0 saturated carbocycles. The van der Waals surface area contributed by atoms with E-state index in [0.29, 0.717) is 28.9 Å². The minimum Gasteiger partial charge on any atom is -0.437 e. The van der Waals surface area contributed by atoms with Gasteiger partial charge in [0.25, 0.3) is 0 Å². The highest BCUT2D eigenvalue weighted by Crippen LogP contribution is 2.40. The molecule has 0 radical (unpaired) electrons. The predicted octanol–water partition coefficient (Wildman–Crippen LogP) is 18.9. The number of fused-ring (bicyclic) bond motifs is 9. The number of hydrogen-bond acceptors (Lipinski definition) is 9. The SMILES string of the molecule is Cc1ccc2c(n1)oc1c(-c3ccc(-c4ccc(CC(C)C)cc4)c[n+]3C)c(C)ccc12.Cc1ccc2c(n1)oc1c(-c3ccc(-c4ccccc4)c[n+]3C)c(C)ccc12.Cc1ccc2c(n1)oc1c(-c3ccc(-c4nc(C(C)C)nc(C(C)C)n4)c[n+]3C)c(C)ccc12. The van der Waals surface area contributed by atoms with Crippen molar-refractivity contribution < 1.29 is 27.0 Å². The fraction of sp³-hybridized carbons (Fsp3) is 0.232. The summed E-state index contributed by atoms with van der Waals surface area (Å²) in [5.74, 6) is 3.50. The number of pyridine rings is 6. The quantitative estimate of drug-likeness (QED) is 0.123. The van der Waals surface area contributed by atoms with Crippen LogP contribution in [0.2, 0.25) is 0 Å². The lowest BCUT2D eigenvalue weighted by molar-refractivity contribution is -0.660. The van der Waals surface area contributed by atoms with Crippen LogP contribution < -0.4 is 13.7 Å². The van der Waals surface area contributed by atoms with Crippen molar-refractivity contribution in [3.8, 4) is 67.4 Å². The van der Waals surface area contributed by atoms with Crippen LogP contribution in [0.4, 0.5) is 0 Å². The first kappa shape index (κ1) is 62.2. The molecule has 0 saturated heterocycles. The van der Waals surface area contributed by atoms with Crippen molar-refractivity contribution in [1.29, 1.82) is 0 Å². The molecule has 0 aliphatic carbocycles. The molecule has 94 heavy (non-hydrogen) atoms. The number of nitrogens with zero attached hydrogens (tertiary/aromatic N) is 9. The van der Waals surface area contributed by atoms with Crippen LogP contribution in [0.25, 0.3) is 134 Å². The van der Waals surface area contributed by atoms with E-state index >= 15 is 0 Å². The Hall–Kier alpha value is -10.6. The molecular weight excluding hydrogens is 1160 g/mol. The van der Waals surface area contributed by atoms with Crippen LogP contribution in [0.1, 0.15) is 104 Å². The molecule has 15 aromatic rings. The Morgan fingerprint density at radius 2 is 0.670 bits per heavy atom. The molecule has 10 aromatic heterocycles. The smallest absolute Gasteiger partial charge is 0.227 e. The lowest BCUT2D eigenvalue weighted by atomic mass is 9.98. The van der Waals surface area contributed by atoms with Crippen molar-refractivity contribution in [3.63, 3.8) is 0 Å². The van der Waals surface area contributed by atoms with Gasteiger partial charge in [-0.3, -0.25) is 0 Å². The molecule has 5 aromatic carbocycles. The van der Waals surface area contributed by atoms with E-state index in [4.69, 9.17) is 23.2 Å². The zero-order valence-electron chi connectivity index (χ0n) is 56.5. The molecule has 0 unspecified atom stereocenters. The van der Waals surface area contributed by atoms with E-state index in [1.165, 1.54) is 38.9 Å². The highest BCUT2D eigenvalue weighted by atomic mass is 16.3. The number of hydrogen-bond donors (Lipinski definition) is 0. The Kier molecular flexibility index (Phi) is 16.9. The summed E-state index contributed by atoms with van der Waals surface area (Å²) in [5.41, 5.74) is 25.0. The zero-order valence-corrected chi connectivity index (χ0v) is 56.5. The topological polar surface area (TPSA) is 128 Å². The molecule has 12 heteroatoms. The summed E-state index contributed by atoms with van der Waals surface area (Å²) in [5, 5.41) is 6.45. The molecule has 0 atom stereocenters.